The Morgan fingerprint density at radius 1 is 1.06 bits per heavy atom. The number of likely N-dealkylation sites (tertiary alicyclic amines) is 1. The van der Waals surface area contributed by atoms with Gasteiger partial charge in [-0.3, -0.25) is 9.59 Å². The lowest BCUT2D eigenvalue weighted by atomic mass is 10.2. The SMILES string of the molecule is O=C(NCCCN1CCCC1)c1cccc(NC(=O)c2nnc(COc3ccc(F)cc3)s2)c1. The van der Waals surface area contributed by atoms with Gasteiger partial charge in [0.1, 0.15) is 18.2 Å². The van der Waals surface area contributed by atoms with Crippen molar-refractivity contribution in [2.75, 3.05) is 31.5 Å². The molecule has 3 aromatic rings. The summed E-state index contributed by atoms with van der Waals surface area (Å²) in [6, 6.07) is 12.4. The molecule has 10 heteroatoms. The van der Waals surface area contributed by atoms with Gasteiger partial charge in [-0.05, 0) is 81.4 Å². The number of amides is 2. The third-order valence-corrected chi connectivity index (χ3v) is 6.25. The topological polar surface area (TPSA) is 96.5 Å². The van der Waals surface area contributed by atoms with Crippen LogP contribution in [0.1, 0.15) is 44.4 Å². The predicted octanol–water partition coefficient (Wildman–Crippen LogP) is 3.72. The van der Waals surface area contributed by atoms with Crippen LogP contribution < -0.4 is 15.4 Å². The smallest absolute Gasteiger partial charge is 0.286 e. The Morgan fingerprint density at radius 2 is 1.85 bits per heavy atom. The van der Waals surface area contributed by atoms with E-state index in [1.54, 1.807) is 24.3 Å². The molecule has 1 saturated heterocycles. The minimum Gasteiger partial charge on any atom is -0.486 e. The third kappa shape index (κ3) is 6.82. The van der Waals surface area contributed by atoms with Gasteiger partial charge in [-0.15, -0.1) is 10.2 Å². The molecule has 34 heavy (non-hydrogen) atoms. The lowest BCUT2D eigenvalue weighted by molar-refractivity contribution is 0.0950. The van der Waals surface area contributed by atoms with Crippen LogP contribution in [0.4, 0.5) is 10.1 Å². The summed E-state index contributed by atoms with van der Waals surface area (Å²) < 4.78 is 18.5. The molecule has 2 aromatic carbocycles. The Labute approximate surface area is 201 Å². The van der Waals surface area contributed by atoms with E-state index in [0.29, 0.717) is 28.6 Å². The van der Waals surface area contributed by atoms with Crippen molar-refractivity contribution in [2.45, 2.75) is 25.9 Å². The highest BCUT2D eigenvalue weighted by molar-refractivity contribution is 7.13. The molecule has 0 atom stereocenters. The van der Waals surface area contributed by atoms with Gasteiger partial charge in [0, 0.05) is 17.8 Å². The zero-order valence-corrected chi connectivity index (χ0v) is 19.4. The van der Waals surface area contributed by atoms with E-state index < -0.39 is 5.91 Å². The highest BCUT2D eigenvalue weighted by Crippen LogP contribution is 2.18. The summed E-state index contributed by atoms with van der Waals surface area (Å²) in [6.45, 7) is 4.01. The van der Waals surface area contributed by atoms with Gasteiger partial charge in [0.15, 0.2) is 5.01 Å². The van der Waals surface area contributed by atoms with Crippen LogP contribution in [0.25, 0.3) is 0 Å². The average molecular weight is 484 g/mol. The van der Waals surface area contributed by atoms with E-state index in [1.165, 1.54) is 37.1 Å². The Kier molecular flexibility index (Phi) is 8.16. The minimum atomic E-state index is -0.422. The highest BCUT2D eigenvalue weighted by Gasteiger charge is 2.15. The lowest BCUT2D eigenvalue weighted by Crippen LogP contribution is -2.28. The highest BCUT2D eigenvalue weighted by atomic mass is 32.1. The van der Waals surface area contributed by atoms with Crippen LogP contribution in [0.3, 0.4) is 0 Å². The van der Waals surface area contributed by atoms with Crippen molar-refractivity contribution in [1.82, 2.24) is 20.4 Å². The molecule has 1 aromatic heterocycles. The van der Waals surface area contributed by atoms with Gasteiger partial charge in [-0.2, -0.15) is 0 Å². The Hall–Kier alpha value is -3.37. The molecule has 0 saturated carbocycles. The van der Waals surface area contributed by atoms with E-state index in [0.717, 1.165) is 37.4 Å². The van der Waals surface area contributed by atoms with Crippen LogP contribution in [-0.2, 0) is 6.61 Å². The van der Waals surface area contributed by atoms with Crippen LogP contribution in [0, 0.1) is 5.82 Å². The van der Waals surface area contributed by atoms with E-state index in [9.17, 15) is 14.0 Å². The number of nitrogens with one attached hydrogen (secondary N) is 2. The van der Waals surface area contributed by atoms with Gasteiger partial charge < -0.3 is 20.3 Å². The van der Waals surface area contributed by atoms with E-state index in [4.69, 9.17) is 4.74 Å². The first-order chi connectivity index (χ1) is 16.6. The average Bonchev–Trinajstić information content (AvgIpc) is 3.54. The Bertz CT molecular complexity index is 1120. The molecule has 2 heterocycles. The van der Waals surface area contributed by atoms with Crippen molar-refractivity contribution in [2.24, 2.45) is 0 Å². The van der Waals surface area contributed by atoms with Crippen molar-refractivity contribution >= 4 is 28.8 Å². The summed E-state index contributed by atoms with van der Waals surface area (Å²) in [6.07, 6.45) is 3.42. The molecule has 1 aliphatic rings. The number of hydrogen-bond donors (Lipinski definition) is 2. The number of benzene rings is 2. The fourth-order valence-corrected chi connectivity index (χ4v) is 4.26. The second-order valence-electron chi connectivity index (χ2n) is 7.94. The number of hydrogen-bond acceptors (Lipinski definition) is 7. The zero-order chi connectivity index (χ0) is 23.8. The first kappa shape index (κ1) is 23.8. The molecule has 1 fully saturated rings. The largest absolute Gasteiger partial charge is 0.486 e. The van der Waals surface area contributed by atoms with Crippen LogP contribution >= 0.6 is 11.3 Å². The van der Waals surface area contributed by atoms with E-state index in [1.807, 2.05) is 0 Å². The molecular weight excluding hydrogens is 457 g/mol. The van der Waals surface area contributed by atoms with Crippen molar-refractivity contribution < 1.29 is 18.7 Å². The maximum Gasteiger partial charge on any atom is 0.286 e. The van der Waals surface area contributed by atoms with E-state index in [2.05, 4.69) is 25.7 Å². The van der Waals surface area contributed by atoms with Gasteiger partial charge in [-0.1, -0.05) is 17.4 Å². The maximum atomic E-state index is 13.0. The predicted molar refractivity (Wildman–Crippen MR) is 128 cm³/mol. The number of nitrogens with zero attached hydrogens (tertiary/aromatic N) is 3. The summed E-state index contributed by atoms with van der Waals surface area (Å²) in [4.78, 5) is 27.4. The zero-order valence-electron chi connectivity index (χ0n) is 18.6. The molecule has 2 N–H and O–H groups in total. The maximum absolute atomic E-state index is 13.0. The van der Waals surface area contributed by atoms with Gasteiger partial charge >= 0.3 is 0 Å². The van der Waals surface area contributed by atoms with Crippen LogP contribution in [-0.4, -0.2) is 53.1 Å². The molecule has 8 nitrogen and oxygen atoms in total. The molecule has 0 bridgehead atoms. The quantitative estimate of drug-likeness (QED) is 0.427. The fourth-order valence-electron chi connectivity index (χ4n) is 3.62. The summed E-state index contributed by atoms with van der Waals surface area (Å²) in [5, 5.41) is 14.3. The third-order valence-electron chi connectivity index (χ3n) is 5.36. The van der Waals surface area contributed by atoms with E-state index in [-0.39, 0.29) is 23.3 Å². The second kappa shape index (κ2) is 11.7. The Morgan fingerprint density at radius 3 is 2.65 bits per heavy atom. The molecule has 178 valence electrons. The van der Waals surface area contributed by atoms with Crippen molar-refractivity contribution in [1.29, 1.82) is 0 Å². The first-order valence-corrected chi connectivity index (χ1v) is 12.0. The van der Waals surface area contributed by atoms with Crippen LogP contribution in [0.5, 0.6) is 5.75 Å². The molecule has 0 spiro atoms. The molecule has 0 unspecified atom stereocenters. The second-order valence-corrected chi connectivity index (χ2v) is 9.00. The van der Waals surface area contributed by atoms with Gasteiger partial charge in [0.25, 0.3) is 11.8 Å². The fraction of sp³-hybridized carbons (Fsp3) is 0.333. The summed E-state index contributed by atoms with van der Waals surface area (Å²) in [7, 11) is 0. The van der Waals surface area contributed by atoms with Crippen molar-refractivity contribution in [3.05, 3.63) is 69.9 Å². The lowest BCUT2D eigenvalue weighted by Gasteiger charge is -2.14. The molecule has 1 aliphatic heterocycles. The monoisotopic (exact) mass is 483 g/mol. The number of halogens is 1. The minimum absolute atomic E-state index is 0.115. The van der Waals surface area contributed by atoms with Crippen molar-refractivity contribution in [3.63, 3.8) is 0 Å². The summed E-state index contributed by atoms with van der Waals surface area (Å²) in [5.41, 5.74) is 0.971. The molecule has 0 radical (unpaired) electrons. The molecular formula is C24H26FN5O3S. The number of carbonyl (C=O) groups is 2. The number of rotatable bonds is 10. The first-order valence-electron chi connectivity index (χ1n) is 11.2. The Balaban J connectivity index is 1.25. The summed E-state index contributed by atoms with van der Waals surface area (Å²) in [5.74, 6) is -0.447. The normalized spacial score (nSPS) is 13.6. The van der Waals surface area contributed by atoms with Gasteiger partial charge in [-0.25, -0.2) is 4.39 Å². The van der Waals surface area contributed by atoms with E-state index >= 15 is 0 Å². The molecule has 4 rings (SSSR count). The van der Waals surface area contributed by atoms with Gasteiger partial charge in [0.05, 0.1) is 0 Å². The van der Waals surface area contributed by atoms with Gasteiger partial charge in [0.2, 0.25) is 5.01 Å². The van der Waals surface area contributed by atoms with Crippen LogP contribution in [0.2, 0.25) is 0 Å². The number of carbonyl (C=O) groups excluding carboxylic acids is 2. The number of ether oxygens (including phenoxy) is 1. The molecule has 2 amide bonds. The standard InChI is InChI=1S/C24H26FN5O3S/c25-18-7-9-20(10-8-18)33-16-21-28-29-24(34-21)23(32)27-19-6-3-5-17(15-19)22(31)26-11-4-14-30-12-1-2-13-30/h3,5-10,15H,1-2,4,11-14,16H2,(H,26,31)(H,27,32). The molecule has 0 aliphatic carbocycles. The van der Waals surface area contributed by atoms with Crippen molar-refractivity contribution in [3.8, 4) is 5.75 Å². The summed E-state index contributed by atoms with van der Waals surface area (Å²) >= 11 is 1.10. The van der Waals surface area contributed by atoms with Crippen LogP contribution in [0.15, 0.2) is 48.5 Å². The number of aromatic nitrogens is 2. The number of anilines is 1.